The lowest BCUT2D eigenvalue weighted by atomic mass is 9.98. The summed E-state index contributed by atoms with van der Waals surface area (Å²) in [5.74, 6) is -1.54. The molecular weight excluding hydrogens is 427 g/mol. The molecule has 0 spiro atoms. The van der Waals surface area contributed by atoms with E-state index in [0.29, 0.717) is 29.8 Å². The van der Waals surface area contributed by atoms with Gasteiger partial charge in [-0.3, -0.25) is 24.1 Å². The molecule has 0 saturated carbocycles. The van der Waals surface area contributed by atoms with Gasteiger partial charge in [0.05, 0.1) is 17.8 Å². The van der Waals surface area contributed by atoms with Gasteiger partial charge in [-0.05, 0) is 43.7 Å². The molecule has 1 saturated heterocycles. The molecular formula is C24H25FN4O4. The van der Waals surface area contributed by atoms with E-state index < -0.39 is 17.4 Å². The number of hydrogen-bond acceptors (Lipinski definition) is 4. The number of halogens is 1. The molecule has 0 radical (unpaired) electrons. The Kier molecular flexibility index (Phi) is 5.88. The molecule has 172 valence electrons. The van der Waals surface area contributed by atoms with Crippen LogP contribution in [0.15, 0.2) is 48.5 Å². The molecule has 9 heteroatoms. The second kappa shape index (κ2) is 8.65. The predicted octanol–water partition coefficient (Wildman–Crippen LogP) is 2.61. The Bertz CT molecular complexity index is 1140. The zero-order valence-corrected chi connectivity index (χ0v) is 18.5. The summed E-state index contributed by atoms with van der Waals surface area (Å²) in [5.41, 5.74) is 0.495. The van der Waals surface area contributed by atoms with Crippen molar-refractivity contribution in [3.05, 3.63) is 59.9 Å². The average Bonchev–Trinajstić information content (AvgIpc) is 3.08. The van der Waals surface area contributed by atoms with Crippen LogP contribution >= 0.6 is 0 Å². The van der Waals surface area contributed by atoms with Crippen LogP contribution in [0.4, 0.5) is 15.8 Å². The summed E-state index contributed by atoms with van der Waals surface area (Å²) in [7, 11) is 1.49. The van der Waals surface area contributed by atoms with Gasteiger partial charge in [-0.25, -0.2) is 4.39 Å². The summed E-state index contributed by atoms with van der Waals surface area (Å²) in [4.78, 5) is 55.3. The maximum atomic E-state index is 13.3. The number of benzene rings is 2. The first-order valence-corrected chi connectivity index (χ1v) is 10.7. The minimum Gasteiger partial charge on any atom is -0.336 e. The number of para-hydroxylation sites is 1. The summed E-state index contributed by atoms with van der Waals surface area (Å²) in [5, 5.41) is 2.55. The Balaban J connectivity index is 1.41. The van der Waals surface area contributed by atoms with Crippen molar-refractivity contribution < 1.29 is 23.6 Å². The van der Waals surface area contributed by atoms with Crippen LogP contribution in [0.25, 0.3) is 0 Å². The number of anilines is 2. The van der Waals surface area contributed by atoms with E-state index in [2.05, 4.69) is 5.32 Å². The average molecular weight is 452 g/mol. The molecule has 2 aliphatic heterocycles. The molecule has 2 aromatic rings. The Morgan fingerprint density at radius 3 is 2.67 bits per heavy atom. The molecule has 2 aliphatic rings. The van der Waals surface area contributed by atoms with Crippen LogP contribution in [0.2, 0.25) is 0 Å². The van der Waals surface area contributed by atoms with Gasteiger partial charge < -0.3 is 15.1 Å². The van der Waals surface area contributed by atoms with Crippen LogP contribution < -0.4 is 10.2 Å². The number of carbonyl (C=O) groups excluding carboxylic acids is 4. The lowest BCUT2D eigenvalue weighted by molar-refractivity contribution is -0.133. The maximum absolute atomic E-state index is 13.3. The van der Waals surface area contributed by atoms with Crippen molar-refractivity contribution in [1.82, 2.24) is 9.80 Å². The fraction of sp³-hybridized carbons (Fsp3) is 0.333. The maximum Gasteiger partial charge on any atom is 0.257 e. The molecule has 1 atom stereocenters. The van der Waals surface area contributed by atoms with Crippen molar-refractivity contribution in [2.24, 2.45) is 0 Å². The van der Waals surface area contributed by atoms with Gasteiger partial charge >= 0.3 is 0 Å². The van der Waals surface area contributed by atoms with Gasteiger partial charge in [0.25, 0.3) is 5.91 Å². The predicted molar refractivity (Wildman–Crippen MR) is 120 cm³/mol. The molecule has 0 aromatic heterocycles. The van der Waals surface area contributed by atoms with E-state index in [1.165, 1.54) is 30.1 Å². The van der Waals surface area contributed by atoms with Gasteiger partial charge in [0.1, 0.15) is 11.5 Å². The third kappa shape index (κ3) is 4.18. The summed E-state index contributed by atoms with van der Waals surface area (Å²) in [6, 6.07) is 12.5. The van der Waals surface area contributed by atoms with Gasteiger partial charge in [0, 0.05) is 32.1 Å². The Hall–Kier alpha value is -3.75. The number of fused-ring (bicyclic) bond motifs is 3. The van der Waals surface area contributed by atoms with E-state index >= 15 is 0 Å². The fourth-order valence-electron chi connectivity index (χ4n) is 4.51. The summed E-state index contributed by atoms with van der Waals surface area (Å²) >= 11 is 0. The zero-order valence-electron chi connectivity index (χ0n) is 18.5. The molecule has 4 rings (SSSR count). The molecule has 4 amide bonds. The van der Waals surface area contributed by atoms with Crippen LogP contribution in [0, 0.1) is 5.82 Å². The van der Waals surface area contributed by atoms with E-state index in [0.717, 1.165) is 0 Å². The highest BCUT2D eigenvalue weighted by Gasteiger charge is 2.52. The molecule has 0 aliphatic carbocycles. The number of nitrogens with zero attached hydrogens (tertiary/aromatic N) is 3. The Morgan fingerprint density at radius 1 is 1.15 bits per heavy atom. The molecule has 33 heavy (non-hydrogen) atoms. The van der Waals surface area contributed by atoms with Crippen molar-refractivity contribution in [3.63, 3.8) is 0 Å². The normalized spacial score (nSPS) is 19.2. The Morgan fingerprint density at radius 2 is 1.91 bits per heavy atom. The summed E-state index contributed by atoms with van der Waals surface area (Å²) in [6.45, 7) is 1.74. The van der Waals surface area contributed by atoms with Crippen LogP contribution in [0.1, 0.15) is 36.5 Å². The van der Waals surface area contributed by atoms with Gasteiger partial charge in [-0.15, -0.1) is 0 Å². The van der Waals surface area contributed by atoms with E-state index in [1.54, 1.807) is 40.1 Å². The number of rotatable bonds is 6. The van der Waals surface area contributed by atoms with E-state index in [-0.39, 0.29) is 37.2 Å². The van der Waals surface area contributed by atoms with E-state index in [9.17, 15) is 23.6 Å². The van der Waals surface area contributed by atoms with Crippen molar-refractivity contribution >= 4 is 35.0 Å². The lowest BCUT2D eigenvalue weighted by Gasteiger charge is -2.48. The minimum absolute atomic E-state index is 0.00469. The Labute approximate surface area is 190 Å². The largest absolute Gasteiger partial charge is 0.336 e. The van der Waals surface area contributed by atoms with Gasteiger partial charge in [-0.2, -0.15) is 0 Å². The number of nitrogens with one attached hydrogen (secondary N) is 1. The highest BCUT2D eigenvalue weighted by Crippen LogP contribution is 2.43. The molecule has 1 unspecified atom stereocenters. The first-order chi connectivity index (χ1) is 15.7. The number of carbonyl (C=O) groups is 4. The topological polar surface area (TPSA) is 90.0 Å². The van der Waals surface area contributed by atoms with Crippen molar-refractivity contribution in [2.45, 2.75) is 31.8 Å². The van der Waals surface area contributed by atoms with Crippen molar-refractivity contribution in [2.75, 3.05) is 30.4 Å². The summed E-state index contributed by atoms with van der Waals surface area (Å²) < 4.78 is 13.3. The monoisotopic (exact) mass is 452 g/mol. The number of hydrogen-bond donors (Lipinski definition) is 1. The molecule has 2 aromatic carbocycles. The molecule has 2 heterocycles. The zero-order chi connectivity index (χ0) is 23.8. The second-order valence-corrected chi connectivity index (χ2v) is 8.48. The fourth-order valence-corrected chi connectivity index (χ4v) is 4.51. The number of likely N-dealkylation sites (N-methyl/N-ethyl adjacent to an activating group) is 1. The van der Waals surface area contributed by atoms with Crippen LogP contribution in [0.5, 0.6) is 0 Å². The molecule has 1 fully saturated rings. The molecule has 0 bridgehead atoms. The van der Waals surface area contributed by atoms with Crippen molar-refractivity contribution in [1.29, 1.82) is 0 Å². The third-order valence-electron chi connectivity index (χ3n) is 6.21. The first-order valence-electron chi connectivity index (χ1n) is 10.7. The van der Waals surface area contributed by atoms with Gasteiger partial charge in [0.2, 0.25) is 17.7 Å². The highest BCUT2D eigenvalue weighted by molar-refractivity contribution is 6.10. The second-order valence-electron chi connectivity index (χ2n) is 8.48. The van der Waals surface area contributed by atoms with Crippen molar-refractivity contribution in [3.8, 4) is 0 Å². The SMILES string of the molecule is CN(CC(=O)Nc1cccc(F)c1)C(=O)CCN1C(=O)c2ccccc2N2C(=O)CCC12C. The summed E-state index contributed by atoms with van der Waals surface area (Å²) in [6.07, 6.45) is 0.796. The van der Waals surface area contributed by atoms with E-state index in [1.807, 2.05) is 6.92 Å². The van der Waals surface area contributed by atoms with Gasteiger partial charge in [-0.1, -0.05) is 18.2 Å². The standard InChI is InChI=1S/C24H25FN4O4/c1-24-12-10-22(32)29(24)19-9-4-3-8-18(19)23(33)28(24)13-11-21(31)27(2)15-20(30)26-17-7-5-6-16(25)14-17/h3-9,14H,10-13,15H2,1-2H3,(H,26,30). The minimum atomic E-state index is -0.837. The van der Waals surface area contributed by atoms with E-state index in [4.69, 9.17) is 0 Å². The lowest BCUT2D eigenvalue weighted by Crippen LogP contribution is -2.62. The quantitative estimate of drug-likeness (QED) is 0.730. The molecule has 1 N–H and O–H groups in total. The number of amides is 4. The first kappa shape index (κ1) is 22.4. The highest BCUT2D eigenvalue weighted by atomic mass is 19.1. The molecule has 8 nitrogen and oxygen atoms in total. The smallest absolute Gasteiger partial charge is 0.257 e. The van der Waals surface area contributed by atoms with Crippen LogP contribution in [-0.4, -0.2) is 59.2 Å². The van der Waals surface area contributed by atoms with Crippen LogP contribution in [0.3, 0.4) is 0 Å². The van der Waals surface area contributed by atoms with Crippen LogP contribution in [-0.2, 0) is 14.4 Å². The van der Waals surface area contributed by atoms with Gasteiger partial charge in [0.15, 0.2) is 0 Å². The third-order valence-corrected chi connectivity index (χ3v) is 6.21.